The summed E-state index contributed by atoms with van der Waals surface area (Å²) in [5.74, 6) is -3.63. The molecule has 2 N–H and O–H groups in total. The minimum Gasteiger partial charge on any atom is -0.351 e. The highest BCUT2D eigenvalue weighted by Gasteiger charge is 2.48. The highest BCUT2D eigenvalue weighted by Crippen LogP contribution is 2.25. The predicted molar refractivity (Wildman–Crippen MR) is 122 cm³/mol. The van der Waals surface area contributed by atoms with Gasteiger partial charge in [0.2, 0.25) is 0 Å². The van der Waals surface area contributed by atoms with Gasteiger partial charge in [-0.2, -0.15) is 8.42 Å². The molecule has 3 amide bonds. The highest BCUT2D eigenvalue weighted by atomic mass is 33.1. The summed E-state index contributed by atoms with van der Waals surface area (Å²) < 4.78 is 31.1. The Labute approximate surface area is 204 Å². The molecule has 1 heterocycles. The molecule has 0 unspecified atom stereocenters. The first-order valence-corrected chi connectivity index (χ1v) is 13.3. The summed E-state index contributed by atoms with van der Waals surface area (Å²) in [5, 5.41) is 14.9. The lowest BCUT2D eigenvalue weighted by molar-refractivity contribution is -0.385. The van der Waals surface area contributed by atoms with Crippen molar-refractivity contribution in [2.75, 3.05) is 18.1 Å². The molecule has 1 aromatic carbocycles. The van der Waals surface area contributed by atoms with Crippen LogP contribution in [0.15, 0.2) is 23.3 Å². The second-order valence-electron chi connectivity index (χ2n) is 6.50. The van der Waals surface area contributed by atoms with Gasteiger partial charge in [0.15, 0.2) is 5.25 Å². The van der Waals surface area contributed by atoms with Crippen molar-refractivity contribution in [3.63, 3.8) is 0 Å². The number of azide groups is 1. The van der Waals surface area contributed by atoms with Crippen LogP contribution < -0.4 is 5.32 Å². The Morgan fingerprint density at radius 2 is 2.03 bits per heavy atom. The predicted octanol–water partition coefficient (Wildman–Crippen LogP) is 1.51. The third-order valence-corrected chi connectivity index (χ3v) is 7.64. The number of benzene rings is 1. The van der Waals surface area contributed by atoms with Gasteiger partial charge in [0.25, 0.3) is 33.5 Å². The number of carbonyl (C=O) groups excluding carboxylic acids is 4. The van der Waals surface area contributed by atoms with Crippen LogP contribution in [-0.2, 0) is 29.3 Å². The van der Waals surface area contributed by atoms with Crippen molar-refractivity contribution < 1.29 is 41.9 Å². The Bertz CT molecular complexity index is 1200. The fraction of sp³-hybridized carbons (Fsp3) is 0.375. The maximum absolute atomic E-state index is 12.3. The topological polar surface area (TPSA) is 239 Å². The van der Waals surface area contributed by atoms with Gasteiger partial charge in [-0.3, -0.25) is 29.1 Å². The molecule has 0 bridgehead atoms. The lowest BCUT2D eigenvalue weighted by atomic mass is 10.1. The van der Waals surface area contributed by atoms with E-state index >= 15 is 0 Å². The molecule has 1 aromatic rings. The van der Waals surface area contributed by atoms with Crippen LogP contribution in [0, 0.1) is 10.1 Å². The van der Waals surface area contributed by atoms with Crippen LogP contribution in [0.3, 0.4) is 0 Å². The molecule has 35 heavy (non-hydrogen) atoms. The van der Waals surface area contributed by atoms with Gasteiger partial charge in [-0.05, 0) is 17.7 Å². The standard InChI is InChI=1S/C16H16N6O10S3/c17-20-19-9-1-2-11(22(27)28)10(7-9)15(25)18-4-6-34-33-5-3-14(24)32-21-13(23)8-12(16(21)26)35(29,30)31/h1-2,7,12H,3-6,8H2,(H,18,25)(H,29,30,31)/t12-/m0/s1. The smallest absolute Gasteiger partial charge is 0.334 e. The molecule has 1 atom stereocenters. The molecule has 2 rings (SSSR count). The van der Waals surface area contributed by atoms with Gasteiger partial charge in [-0.25, -0.2) is 4.79 Å². The van der Waals surface area contributed by atoms with Crippen LogP contribution >= 0.6 is 21.6 Å². The maximum atomic E-state index is 12.3. The molecular weight excluding hydrogens is 532 g/mol. The summed E-state index contributed by atoms with van der Waals surface area (Å²) in [6.45, 7) is 0.109. The first-order valence-electron chi connectivity index (χ1n) is 9.35. The van der Waals surface area contributed by atoms with Gasteiger partial charge >= 0.3 is 5.97 Å². The molecule has 0 saturated carbocycles. The summed E-state index contributed by atoms with van der Waals surface area (Å²) in [7, 11) is -2.39. The number of hydroxylamine groups is 2. The molecule has 0 aromatic heterocycles. The van der Waals surface area contributed by atoms with E-state index in [1.807, 2.05) is 0 Å². The Balaban J connectivity index is 1.72. The third-order valence-electron chi connectivity index (χ3n) is 4.14. The Kier molecular flexibility index (Phi) is 9.84. The van der Waals surface area contributed by atoms with Gasteiger partial charge < -0.3 is 10.2 Å². The van der Waals surface area contributed by atoms with Crippen molar-refractivity contribution in [3.8, 4) is 0 Å². The van der Waals surface area contributed by atoms with Gasteiger partial charge in [-0.1, -0.05) is 26.7 Å². The van der Waals surface area contributed by atoms with E-state index in [2.05, 4.69) is 20.2 Å². The molecule has 16 nitrogen and oxygen atoms in total. The van der Waals surface area contributed by atoms with E-state index in [1.54, 1.807) is 0 Å². The second kappa shape index (κ2) is 12.4. The van der Waals surface area contributed by atoms with E-state index in [4.69, 9.17) is 10.1 Å². The SMILES string of the molecule is [N-]=[N+]=Nc1ccc([N+](=O)[O-])c(C(=O)NCCSSCCC(=O)ON2C(=O)C[C@H](S(=O)(=O)O)C2=O)c1. The van der Waals surface area contributed by atoms with E-state index in [0.717, 1.165) is 12.1 Å². The van der Waals surface area contributed by atoms with Gasteiger partial charge in [-0.15, -0.1) is 5.06 Å². The molecule has 1 aliphatic rings. The van der Waals surface area contributed by atoms with Crippen LogP contribution in [-0.4, -0.2) is 69.9 Å². The molecular formula is C16H16N6O10S3. The average molecular weight is 549 g/mol. The first kappa shape index (κ1) is 27.9. The quantitative estimate of drug-likeness (QED) is 0.0435. The van der Waals surface area contributed by atoms with Crippen molar-refractivity contribution >= 4 is 66.8 Å². The van der Waals surface area contributed by atoms with Crippen LogP contribution in [0.25, 0.3) is 10.4 Å². The molecule has 188 valence electrons. The van der Waals surface area contributed by atoms with Gasteiger partial charge in [0, 0.05) is 34.7 Å². The third kappa shape index (κ3) is 7.82. The molecule has 0 aliphatic carbocycles. The summed E-state index contributed by atoms with van der Waals surface area (Å²) in [4.78, 5) is 65.0. The lowest BCUT2D eigenvalue weighted by Crippen LogP contribution is -2.36. The molecule has 19 heteroatoms. The Hall–Kier alpha value is -3.38. The summed E-state index contributed by atoms with van der Waals surface area (Å²) in [6, 6.07) is 3.35. The Morgan fingerprint density at radius 3 is 2.63 bits per heavy atom. The molecule has 1 aliphatic heterocycles. The van der Waals surface area contributed by atoms with E-state index in [1.165, 1.54) is 27.7 Å². The molecule has 1 saturated heterocycles. The van der Waals surface area contributed by atoms with E-state index in [9.17, 15) is 37.7 Å². The number of hydrogen-bond acceptors (Lipinski definition) is 12. The number of nitrogens with one attached hydrogen (secondary N) is 1. The zero-order valence-corrected chi connectivity index (χ0v) is 19.9. The van der Waals surface area contributed by atoms with E-state index in [-0.39, 0.29) is 35.0 Å². The number of imide groups is 1. The number of nitrogens with zero attached hydrogens (tertiary/aromatic N) is 5. The number of rotatable bonds is 12. The zero-order valence-electron chi connectivity index (χ0n) is 17.4. The van der Waals surface area contributed by atoms with Gasteiger partial charge in [0.1, 0.15) is 5.56 Å². The number of amides is 3. The second-order valence-corrected chi connectivity index (χ2v) is 10.8. The van der Waals surface area contributed by atoms with Crippen molar-refractivity contribution in [1.29, 1.82) is 0 Å². The van der Waals surface area contributed by atoms with E-state index in [0.29, 0.717) is 5.75 Å². The fourth-order valence-electron chi connectivity index (χ4n) is 2.58. The van der Waals surface area contributed by atoms with Gasteiger partial charge in [0.05, 0.1) is 17.8 Å². The highest BCUT2D eigenvalue weighted by molar-refractivity contribution is 8.76. The average Bonchev–Trinajstić information content (AvgIpc) is 3.07. The number of nitro groups is 1. The normalized spacial score (nSPS) is 15.5. The van der Waals surface area contributed by atoms with Crippen molar-refractivity contribution in [3.05, 3.63) is 44.3 Å². The maximum Gasteiger partial charge on any atom is 0.334 e. The zero-order chi connectivity index (χ0) is 26.2. The summed E-state index contributed by atoms with van der Waals surface area (Å²) in [5.41, 5.74) is 7.76. The van der Waals surface area contributed by atoms with Crippen molar-refractivity contribution in [2.24, 2.45) is 5.11 Å². The lowest BCUT2D eigenvalue weighted by Gasteiger charge is -2.13. The van der Waals surface area contributed by atoms with Crippen LogP contribution in [0.2, 0.25) is 0 Å². The fourth-order valence-corrected chi connectivity index (χ4v) is 5.16. The minimum atomic E-state index is -4.81. The summed E-state index contributed by atoms with van der Waals surface area (Å²) in [6.07, 6.45) is -1.07. The van der Waals surface area contributed by atoms with Crippen LogP contribution in [0.1, 0.15) is 23.2 Å². The van der Waals surface area contributed by atoms with Crippen molar-refractivity contribution in [2.45, 2.75) is 18.1 Å². The van der Waals surface area contributed by atoms with Crippen LogP contribution in [0.4, 0.5) is 11.4 Å². The largest absolute Gasteiger partial charge is 0.351 e. The first-order chi connectivity index (χ1) is 16.5. The van der Waals surface area contributed by atoms with Crippen molar-refractivity contribution in [1.82, 2.24) is 10.4 Å². The molecule has 0 radical (unpaired) electrons. The Morgan fingerprint density at radius 1 is 1.34 bits per heavy atom. The van der Waals surface area contributed by atoms with E-state index < -0.39 is 56.1 Å². The van der Waals surface area contributed by atoms with Crippen LogP contribution in [0.5, 0.6) is 0 Å². The molecule has 1 fully saturated rings. The number of nitro benzene ring substituents is 1. The summed E-state index contributed by atoms with van der Waals surface area (Å²) >= 11 is 0. The monoisotopic (exact) mass is 548 g/mol. The number of hydrogen-bond donors (Lipinski definition) is 2. The molecule has 0 spiro atoms. The number of carbonyl (C=O) groups is 4. The minimum absolute atomic E-state index is 0.0181.